The van der Waals surface area contributed by atoms with E-state index in [9.17, 15) is 4.79 Å². The van der Waals surface area contributed by atoms with Gasteiger partial charge >= 0.3 is 0 Å². The second kappa shape index (κ2) is 6.18. The van der Waals surface area contributed by atoms with Gasteiger partial charge in [0.2, 0.25) is 5.91 Å². The van der Waals surface area contributed by atoms with Gasteiger partial charge in [0.25, 0.3) is 0 Å². The Morgan fingerprint density at radius 2 is 2.43 bits per heavy atom. The molecule has 0 aliphatic carbocycles. The topological polar surface area (TPSA) is 63.3 Å². The average molecular weight is 288 g/mol. The van der Waals surface area contributed by atoms with Crippen molar-refractivity contribution in [3.05, 3.63) is 30.0 Å². The fourth-order valence-corrected chi connectivity index (χ4v) is 2.81. The van der Waals surface area contributed by atoms with Crippen molar-refractivity contribution in [2.45, 2.75) is 25.4 Å². The molecule has 0 spiro atoms. The summed E-state index contributed by atoms with van der Waals surface area (Å²) in [6.45, 7) is 1.29. The van der Waals surface area contributed by atoms with Gasteiger partial charge in [0.05, 0.1) is 7.11 Å². The number of carbonyl (C=O) groups excluding carboxylic acids is 1. The van der Waals surface area contributed by atoms with E-state index in [0.717, 1.165) is 41.5 Å². The highest BCUT2D eigenvalue weighted by Gasteiger charge is 2.23. The summed E-state index contributed by atoms with van der Waals surface area (Å²) in [5, 5.41) is 4.04. The van der Waals surface area contributed by atoms with Gasteiger partial charge in [-0.05, 0) is 37.0 Å². The largest absolute Gasteiger partial charge is 0.496 e. The molecule has 1 fully saturated rings. The van der Waals surface area contributed by atoms with E-state index >= 15 is 0 Å². The van der Waals surface area contributed by atoms with E-state index < -0.39 is 0 Å². The first kappa shape index (κ1) is 13.9. The quantitative estimate of drug-likeness (QED) is 0.884. The number of rotatable bonds is 5. The Bertz CT molecular complexity index is 629. The number of carbonyl (C=O) groups is 1. The molecule has 112 valence electrons. The molecule has 1 amide bonds. The maximum Gasteiger partial charge on any atom is 0.249 e. The summed E-state index contributed by atoms with van der Waals surface area (Å²) in [7, 11) is 1.67. The van der Waals surface area contributed by atoms with Crippen LogP contribution >= 0.6 is 0 Å². The molecule has 0 bridgehead atoms. The highest BCUT2D eigenvalue weighted by Crippen LogP contribution is 2.28. The third-order valence-corrected chi connectivity index (χ3v) is 3.88. The van der Waals surface area contributed by atoms with E-state index in [0.29, 0.717) is 13.2 Å². The number of nitrogens with one attached hydrogen (secondary N) is 2. The molecular weight excluding hydrogens is 268 g/mol. The number of hydrogen-bond donors (Lipinski definition) is 2. The highest BCUT2D eigenvalue weighted by atomic mass is 16.5. The Hall–Kier alpha value is -2.01. The summed E-state index contributed by atoms with van der Waals surface area (Å²) in [6.07, 6.45) is 4.27. The Morgan fingerprint density at radius 3 is 3.19 bits per heavy atom. The maximum absolute atomic E-state index is 11.9. The van der Waals surface area contributed by atoms with Gasteiger partial charge in [-0.25, -0.2) is 0 Å². The second-order valence-electron chi connectivity index (χ2n) is 5.24. The third kappa shape index (κ3) is 2.88. The van der Waals surface area contributed by atoms with Crippen molar-refractivity contribution in [1.29, 1.82) is 0 Å². The van der Waals surface area contributed by atoms with Gasteiger partial charge in [0.15, 0.2) is 0 Å². The first-order chi connectivity index (χ1) is 10.3. The molecule has 1 aromatic carbocycles. The van der Waals surface area contributed by atoms with Crippen LogP contribution in [0.3, 0.4) is 0 Å². The molecule has 1 atom stereocenters. The first-order valence-corrected chi connectivity index (χ1v) is 7.32. The van der Waals surface area contributed by atoms with E-state index in [-0.39, 0.29) is 12.0 Å². The Labute approximate surface area is 123 Å². The van der Waals surface area contributed by atoms with Crippen molar-refractivity contribution in [2.24, 2.45) is 0 Å². The molecule has 5 nitrogen and oxygen atoms in total. The molecule has 2 aromatic rings. The van der Waals surface area contributed by atoms with Gasteiger partial charge in [-0.2, -0.15) is 0 Å². The summed E-state index contributed by atoms with van der Waals surface area (Å²) >= 11 is 0. The van der Waals surface area contributed by atoms with Crippen LogP contribution in [0.5, 0.6) is 5.75 Å². The fourth-order valence-electron chi connectivity index (χ4n) is 2.81. The standard InChI is InChI=1S/C16H20N2O3/c1-20-13-5-2-4-12-15(13)11(10-18-12)7-8-17-16(19)14-6-3-9-21-14/h2,4-5,10,14,18H,3,6-9H2,1H3,(H,17,19)/t14-/m0/s1. The number of aromatic nitrogens is 1. The number of hydrogen-bond acceptors (Lipinski definition) is 3. The van der Waals surface area contributed by atoms with E-state index in [1.807, 2.05) is 24.4 Å². The second-order valence-corrected chi connectivity index (χ2v) is 5.24. The third-order valence-electron chi connectivity index (χ3n) is 3.88. The molecule has 2 N–H and O–H groups in total. The number of H-pyrrole nitrogens is 1. The summed E-state index contributed by atoms with van der Waals surface area (Å²) in [5.41, 5.74) is 2.20. The Kier molecular flexibility index (Phi) is 4.10. The van der Waals surface area contributed by atoms with Gasteiger partial charge in [-0.15, -0.1) is 0 Å². The zero-order valence-corrected chi connectivity index (χ0v) is 12.1. The molecule has 3 rings (SSSR count). The summed E-state index contributed by atoms with van der Waals surface area (Å²) < 4.78 is 10.8. The van der Waals surface area contributed by atoms with Gasteiger partial charge in [0, 0.05) is 30.3 Å². The number of fused-ring (bicyclic) bond motifs is 1. The Morgan fingerprint density at radius 1 is 1.52 bits per heavy atom. The molecule has 2 heterocycles. The molecule has 0 unspecified atom stereocenters. The molecule has 1 saturated heterocycles. The number of aromatic amines is 1. The normalized spacial score (nSPS) is 18.0. The number of ether oxygens (including phenoxy) is 2. The minimum atomic E-state index is -0.262. The molecule has 21 heavy (non-hydrogen) atoms. The van der Waals surface area contributed by atoms with Crippen LogP contribution in [0.15, 0.2) is 24.4 Å². The lowest BCUT2D eigenvalue weighted by atomic mass is 10.1. The number of benzene rings is 1. The highest BCUT2D eigenvalue weighted by molar-refractivity contribution is 5.89. The summed E-state index contributed by atoms with van der Waals surface area (Å²) in [4.78, 5) is 15.1. The fraction of sp³-hybridized carbons (Fsp3) is 0.438. The Balaban J connectivity index is 1.64. The van der Waals surface area contributed by atoms with E-state index in [1.165, 1.54) is 0 Å². The van der Waals surface area contributed by atoms with Gasteiger partial charge < -0.3 is 19.8 Å². The molecule has 0 radical (unpaired) electrons. The lowest BCUT2D eigenvalue weighted by Gasteiger charge is -2.10. The van der Waals surface area contributed by atoms with Crippen LogP contribution in [0.2, 0.25) is 0 Å². The zero-order chi connectivity index (χ0) is 14.7. The number of methoxy groups -OCH3 is 1. The maximum atomic E-state index is 11.9. The SMILES string of the molecule is COc1cccc2[nH]cc(CCNC(=O)[C@@H]3CCCO3)c12. The van der Waals surface area contributed by atoms with Crippen molar-refractivity contribution < 1.29 is 14.3 Å². The summed E-state index contributed by atoms with van der Waals surface area (Å²) in [6, 6.07) is 5.93. The predicted molar refractivity (Wildman–Crippen MR) is 80.5 cm³/mol. The minimum Gasteiger partial charge on any atom is -0.496 e. The van der Waals surface area contributed by atoms with Gasteiger partial charge in [-0.3, -0.25) is 4.79 Å². The lowest BCUT2D eigenvalue weighted by molar-refractivity contribution is -0.129. The van der Waals surface area contributed by atoms with Crippen LogP contribution in [-0.4, -0.2) is 37.3 Å². The smallest absolute Gasteiger partial charge is 0.249 e. The van der Waals surface area contributed by atoms with Crippen molar-refractivity contribution in [3.8, 4) is 5.75 Å². The lowest BCUT2D eigenvalue weighted by Crippen LogP contribution is -2.35. The van der Waals surface area contributed by atoms with Crippen LogP contribution in [-0.2, 0) is 16.0 Å². The first-order valence-electron chi connectivity index (χ1n) is 7.32. The van der Waals surface area contributed by atoms with E-state index in [2.05, 4.69) is 10.3 Å². The monoisotopic (exact) mass is 288 g/mol. The molecule has 1 aromatic heterocycles. The van der Waals surface area contributed by atoms with Gasteiger partial charge in [-0.1, -0.05) is 6.07 Å². The minimum absolute atomic E-state index is 0.000642. The zero-order valence-electron chi connectivity index (χ0n) is 12.1. The van der Waals surface area contributed by atoms with Crippen molar-refractivity contribution in [2.75, 3.05) is 20.3 Å². The van der Waals surface area contributed by atoms with Crippen LogP contribution in [0.1, 0.15) is 18.4 Å². The molecule has 0 saturated carbocycles. The van der Waals surface area contributed by atoms with E-state index in [1.54, 1.807) is 7.11 Å². The number of amides is 1. The van der Waals surface area contributed by atoms with Crippen LogP contribution in [0.25, 0.3) is 10.9 Å². The van der Waals surface area contributed by atoms with Crippen molar-refractivity contribution in [3.63, 3.8) is 0 Å². The van der Waals surface area contributed by atoms with Gasteiger partial charge in [0.1, 0.15) is 11.9 Å². The van der Waals surface area contributed by atoms with Crippen LogP contribution < -0.4 is 10.1 Å². The predicted octanol–water partition coefficient (Wildman–Crippen LogP) is 2.01. The molecule has 5 heteroatoms. The molecular formula is C16H20N2O3. The van der Waals surface area contributed by atoms with Crippen LogP contribution in [0.4, 0.5) is 0 Å². The van der Waals surface area contributed by atoms with Crippen LogP contribution in [0, 0.1) is 0 Å². The van der Waals surface area contributed by atoms with Crippen molar-refractivity contribution in [1.82, 2.24) is 10.3 Å². The average Bonchev–Trinajstić information content (AvgIpc) is 3.16. The van der Waals surface area contributed by atoms with Crippen molar-refractivity contribution >= 4 is 16.8 Å². The summed E-state index contributed by atoms with van der Waals surface area (Å²) in [5.74, 6) is 0.855. The molecule has 1 aliphatic rings. The van der Waals surface area contributed by atoms with E-state index in [4.69, 9.17) is 9.47 Å². The molecule has 1 aliphatic heterocycles.